The Morgan fingerprint density at radius 1 is 1.17 bits per heavy atom. The van der Waals surface area contributed by atoms with E-state index in [1.165, 1.54) is 6.92 Å². The molecular weight excluding hydrogens is 304 g/mol. The van der Waals surface area contributed by atoms with Crippen molar-refractivity contribution in [2.45, 2.75) is 19.1 Å². The monoisotopic (exact) mass is 321 g/mol. The lowest BCUT2D eigenvalue weighted by Gasteiger charge is -2.24. The van der Waals surface area contributed by atoms with Crippen LogP contribution in [0.15, 0.2) is 48.5 Å². The average molecular weight is 321 g/mol. The highest BCUT2D eigenvalue weighted by Gasteiger charge is 2.25. The number of nitrogens with one attached hydrogen (secondary N) is 1. The molecule has 2 aromatic carbocycles. The quantitative estimate of drug-likeness (QED) is 0.890. The molecule has 122 valence electrons. The van der Waals surface area contributed by atoms with Crippen LogP contribution >= 0.6 is 0 Å². The van der Waals surface area contributed by atoms with Crippen LogP contribution in [0.5, 0.6) is 0 Å². The molecule has 0 aliphatic carbocycles. The van der Waals surface area contributed by atoms with E-state index in [0.29, 0.717) is 6.07 Å². The lowest BCUT2D eigenvalue weighted by Crippen LogP contribution is -2.39. The SMILES string of the molecule is CC(O)(CNC(=O)OCc1ccccc1)c1cc(F)cc(F)c1. The van der Waals surface area contributed by atoms with Gasteiger partial charge in [-0.2, -0.15) is 0 Å². The summed E-state index contributed by atoms with van der Waals surface area (Å²) >= 11 is 0. The van der Waals surface area contributed by atoms with E-state index < -0.39 is 23.3 Å². The lowest BCUT2D eigenvalue weighted by molar-refractivity contribution is 0.0523. The molecule has 2 N–H and O–H groups in total. The summed E-state index contributed by atoms with van der Waals surface area (Å²) in [6.45, 7) is 1.19. The first-order valence-electron chi connectivity index (χ1n) is 7.00. The van der Waals surface area contributed by atoms with E-state index in [2.05, 4.69) is 5.32 Å². The Labute approximate surface area is 132 Å². The van der Waals surface area contributed by atoms with Crippen LogP contribution in [0.2, 0.25) is 0 Å². The Bertz CT molecular complexity index is 655. The van der Waals surface area contributed by atoms with Gasteiger partial charge in [0.1, 0.15) is 23.8 Å². The molecule has 0 spiro atoms. The fraction of sp³-hybridized carbons (Fsp3) is 0.235. The van der Waals surface area contributed by atoms with Crippen LogP contribution in [0.25, 0.3) is 0 Å². The third-order valence-corrected chi connectivity index (χ3v) is 3.27. The zero-order valence-electron chi connectivity index (χ0n) is 12.6. The van der Waals surface area contributed by atoms with Crippen molar-refractivity contribution in [2.24, 2.45) is 0 Å². The van der Waals surface area contributed by atoms with Gasteiger partial charge in [0.2, 0.25) is 0 Å². The second kappa shape index (κ2) is 7.19. The van der Waals surface area contributed by atoms with Crippen molar-refractivity contribution in [1.29, 1.82) is 0 Å². The van der Waals surface area contributed by atoms with Crippen LogP contribution in [0, 0.1) is 11.6 Å². The Morgan fingerprint density at radius 3 is 2.39 bits per heavy atom. The van der Waals surface area contributed by atoms with Gasteiger partial charge in [0.05, 0.1) is 6.54 Å². The van der Waals surface area contributed by atoms with Gasteiger partial charge in [0, 0.05) is 6.07 Å². The molecule has 0 bridgehead atoms. The van der Waals surface area contributed by atoms with Crippen LogP contribution in [0.1, 0.15) is 18.1 Å². The minimum atomic E-state index is -1.63. The molecule has 0 heterocycles. The van der Waals surface area contributed by atoms with Crippen molar-refractivity contribution in [3.05, 3.63) is 71.3 Å². The van der Waals surface area contributed by atoms with Crippen molar-refractivity contribution in [2.75, 3.05) is 6.54 Å². The van der Waals surface area contributed by atoms with Gasteiger partial charge in [0.15, 0.2) is 0 Å². The largest absolute Gasteiger partial charge is 0.445 e. The minimum Gasteiger partial charge on any atom is -0.445 e. The van der Waals surface area contributed by atoms with Crippen LogP contribution in [0.4, 0.5) is 13.6 Å². The summed E-state index contributed by atoms with van der Waals surface area (Å²) in [5, 5.41) is 12.6. The molecular formula is C17H17F2NO3. The third kappa shape index (κ3) is 5.03. The summed E-state index contributed by atoms with van der Waals surface area (Å²) < 4.78 is 31.4. The first-order valence-corrected chi connectivity index (χ1v) is 7.00. The van der Waals surface area contributed by atoms with Gasteiger partial charge in [-0.1, -0.05) is 30.3 Å². The summed E-state index contributed by atoms with van der Waals surface area (Å²) in [7, 11) is 0. The molecule has 0 radical (unpaired) electrons. The topological polar surface area (TPSA) is 58.6 Å². The molecule has 0 aliphatic rings. The molecule has 1 amide bonds. The van der Waals surface area contributed by atoms with Gasteiger partial charge >= 0.3 is 6.09 Å². The van der Waals surface area contributed by atoms with Crippen molar-refractivity contribution >= 4 is 6.09 Å². The number of halogens is 2. The smallest absolute Gasteiger partial charge is 0.407 e. The van der Waals surface area contributed by atoms with E-state index in [-0.39, 0.29) is 18.7 Å². The molecule has 0 saturated heterocycles. The van der Waals surface area contributed by atoms with E-state index in [1.807, 2.05) is 18.2 Å². The van der Waals surface area contributed by atoms with Crippen LogP contribution < -0.4 is 5.32 Å². The highest BCUT2D eigenvalue weighted by atomic mass is 19.1. The van der Waals surface area contributed by atoms with Gasteiger partial charge in [0.25, 0.3) is 0 Å². The molecule has 23 heavy (non-hydrogen) atoms. The maximum Gasteiger partial charge on any atom is 0.407 e. The highest BCUT2D eigenvalue weighted by molar-refractivity contribution is 5.67. The standard InChI is InChI=1S/C17H17F2NO3/c1-17(22,13-7-14(18)9-15(19)8-13)11-20-16(21)23-10-12-5-3-2-4-6-12/h2-9,22H,10-11H2,1H3,(H,20,21). The second-order valence-electron chi connectivity index (χ2n) is 5.35. The second-order valence-corrected chi connectivity index (χ2v) is 5.35. The van der Waals surface area contributed by atoms with Crippen molar-refractivity contribution < 1.29 is 23.4 Å². The Hall–Kier alpha value is -2.47. The number of amides is 1. The zero-order chi connectivity index (χ0) is 16.9. The summed E-state index contributed by atoms with van der Waals surface area (Å²) in [6, 6.07) is 11.8. The zero-order valence-corrected chi connectivity index (χ0v) is 12.6. The summed E-state index contributed by atoms with van der Waals surface area (Å²) in [4.78, 5) is 11.6. The van der Waals surface area contributed by atoms with E-state index in [4.69, 9.17) is 4.74 Å². The number of hydrogen-bond donors (Lipinski definition) is 2. The Balaban J connectivity index is 1.89. The van der Waals surface area contributed by atoms with E-state index in [9.17, 15) is 18.7 Å². The summed E-state index contributed by atoms with van der Waals surface area (Å²) in [5.41, 5.74) is -0.783. The molecule has 0 aromatic heterocycles. The van der Waals surface area contributed by atoms with Gasteiger partial charge in [-0.3, -0.25) is 0 Å². The van der Waals surface area contributed by atoms with Crippen molar-refractivity contribution in [1.82, 2.24) is 5.32 Å². The first kappa shape index (κ1) is 16.9. The maximum atomic E-state index is 13.2. The van der Waals surface area contributed by atoms with Gasteiger partial charge in [-0.15, -0.1) is 0 Å². The van der Waals surface area contributed by atoms with E-state index in [0.717, 1.165) is 17.7 Å². The number of benzene rings is 2. The molecule has 6 heteroatoms. The molecule has 0 fully saturated rings. The summed E-state index contributed by atoms with van der Waals surface area (Å²) in [5.74, 6) is -1.60. The molecule has 2 rings (SSSR count). The number of ether oxygens (including phenoxy) is 1. The normalized spacial score (nSPS) is 13.2. The van der Waals surface area contributed by atoms with Crippen LogP contribution in [-0.4, -0.2) is 17.7 Å². The van der Waals surface area contributed by atoms with E-state index >= 15 is 0 Å². The molecule has 4 nitrogen and oxygen atoms in total. The predicted octanol–water partition coefficient (Wildman–Crippen LogP) is 3.10. The Morgan fingerprint density at radius 2 is 1.78 bits per heavy atom. The average Bonchev–Trinajstić information content (AvgIpc) is 2.51. The van der Waals surface area contributed by atoms with Crippen LogP contribution in [-0.2, 0) is 16.9 Å². The molecule has 2 aromatic rings. The van der Waals surface area contributed by atoms with Gasteiger partial charge in [-0.05, 0) is 30.2 Å². The van der Waals surface area contributed by atoms with E-state index in [1.54, 1.807) is 12.1 Å². The van der Waals surface area contributed by atoms with Crippen LogP contribution in [0.3, 0.4) is 0 Å². The number of rotatable bonds is 5. The number of alkyl carbamates (subject to hydrolysis) is 1. The van der Waals surface area contributed by atoms with Crippen molar-refractivity contribution in [3.8, 4) is 0 Å². The number of carbonyl (C=O) groups excluding carboxylic acids is 1. The molecule has 0 aliphatic heterocycles. The fourth-order valence-electron chi connectivity index (χ4n) is 1.99. The van der Waals surface area contributed by atoms with Gasteiger partial charge in [-0.25, -0.2) is 13.6 Å². The lowest BCUT2D eigenvalue weighted by atomic mass is 9.96. The molecule has 1 atom stereocenters. The van der Waals surface area contributed by atoms with Gasteiger partial charge < -0.3 is 15.2 Å². The highest BCUT2D eigenvalue weighted by Crippen LogP contribution is 2.21. The number of hydrogen-bond acceptors (Lipinski definition) is 3. The molecule has 0 saturated carbocycles. The predicted molar refractivity (Wildman–Crippen MR) is 80.6 cm³/mol. The summed E-state index contributed by atoms with van der Waals surface area (Å²) in [6.07, 6.45) is -0.731. The fourth-order valence-corrected chi connectivity index (χ4v) is 1.99. The third-order valence-electron chi connectivity index (χ3n) is 3.27. The Kier molecular flexibility index (Phi) is 5.28. The first-order chi connectivity index (χ1) is 10.9. The molecule has 1 unspecified atom stereocenters. The maximum absolute atomic E-state index is 13.2. The number of aliphatic hydroxyl groups is 1. The number of carbonyl (C=O) groups is 1. The minimum absolute atomic E-state index is 0.0263. The van der Waals surface area contributed by atoms with Crippen molar-refractivity contribution in [3.63, 3.8) is 0 Å².